The van der Waals surface area contributed by atoms with E-state index in [0.717, 1.165) is 5.69 Å². The van der Waals surface area contributed by atoms with E-state index in [2.05, 4.69) is 16.7 Å². The first-order chi connectivity index (χ1) is 8.34. The zero-order valence-corrected chi connectivity index (χ0v) is 9.91. The molecule has 0 radical (unpaired) electrons. The van der Waals surface area contributed by atoms with Crippen LogP contribution < -0.4 is 10.6 Å². The molecule has 3 rings (SSSR count). The van der Waals surface area contributed by atoms with E-state index in [4.69, 9.17) is 0 Å². The highest BCUT2D eigenvalue weighted by Gasteiger charge is 2.31. The van der Waals surface area contributed by atoms with Crippen molar-refractivity contribution in [2.75, 3.05) is 5.32 Å². The van der Waals surface area contributed by atoms with E-state index in [9.17, 15) is 4.79 Å². The molecule has 3 heteroatoms. The quantitative estimate of drug-likeness (QED) is 0.762. The summed E-state index contributed by atoms with van der Waals surface area (Å²) in [5, 5.41) is 5.97. The van der Waals surface area contributed by atoms with Crippen molar-refractivity contribution in [2.24, 2.45) is 5.92 Å². The van der Waals surface area contributed by atoms with Crippen molar-refractivity contribution in [3.8, 4) is 0 Å². The number of amides is 2. The van der Waals surface area contributed by atoms with Gasteiger partial charge in [-0.25, -0.2) is 4.79 Å². The van der Waals surface area contributed by atoms with Crippen LogP contribution in [0.2, 0.25) is 0 Å². The van der Waals surface area contributed by atoms with Gasteiger partial charge in [0.05, 0.1) is 6.04 Å². The number of hydrogen-bond donors (Lipinski definition) is 2. The topological polar surface area (TPSA) is 41.1 Å². The lowest BCUT2D eigenvalue weighted by molar-refractivity contribution is 0.229. The Labute approximate surface area is 102 Å². The van der Waals surface area contributed by atoms with Crippen LogP contribution >= 0.6 is 0 Å². The number of hydrogen-bond acceptors (Lipinski definition) is 1. The maximum atomic E-state index is 11.7. The van der Waals surface area contributed by atoms with Gasteiger partial charge >= 0.3 is 6.03 Å². The Hall–Kier alpha value is -1.51. The Balaban J connectivity index is 1.91. The molecule has 0 aromatic heterocycles. The summed E-state index contributed by atoms with van der Waals surface area (Å²) < 4.78 is 0. The van der Waals surface area contributed by atoms with Crippen molar-refractivity contribution >= 4 is 11.7 Å². The molecule has 0 spiro atoms. The Morgan fingerprint density at radius 1 is 1.06 bits per heavy atom. The molecule has 1 atom stereocenters. The Morgan fingerprint density at radius 2 is 1.82 bits per heavy atom. The van der Waals surface area contributed by atoms with Crippen LogP contribution in [0, 0.1) is 5.92 Å². The predicted octanol–water partition coefficient (Wildman–Crippen LogP) is 3.44. The summed E-state index contributed by atoms with van der Waals surface area (Å²) >= 11 is 0. The van der Waals surface area contributed by atoms with Crippen LogP contribution in [0.15, 0.2) is 24.3 Å². The molecule has 2 N–H and O–H groups in total. The number of carbonyl (C=O) groups excluding carboxylic acids is 1. The van der Waals surface area contributed by atoms with Crippen LogP contribution in [0.5, 0.6) is 0 Å². The van der Waals surface area contributed by atoms with E-state index >= 15 is 0 Å². The fourth-order valence-electron chi connectivity index (χ4n) is 3.10. The second-order valence-corrected chi connectivity index (χ2v) is 5.06. The third-order valence-electron chi connectivity index (χ3n) is 3.95. The van der Waals surface area contributed by atoms with Gasteiger partial charge in [0.2, 0.25) is 0 Å². The van der Waals surface area contributed by atoms with Gasteiger partial charge in [-0.05, 0) is 30.4 Å². The molecule has 2 aliphatic rings. The van der Waals surface area contributed by atoms with Gasteiger partial charge in [-0.3, -0.25) is 0 Å². The highest BCUT2D eigenvalue weighted by atomic mass is 16.2. The third kappa shape index (κ3) is 2.02. The average molecular weight is 230 g/mol. The molecule has 1 saturated carbocycles. The van der Waals surface area contributed by atoms with E-state index in [1.807, 2.05) is 18.2 Å². The Morgan fingerprint density at radius 3 is 2.65 bits per heavy atom. The molecule has 0 saturated heterocycles. The minimum atomic E-state index is -0.0562. The molecule has 1 unspecified atom stereocenters. The molecule has 1 heterocycles. The van der Waals surface area contributed by atoms with E-state index in [1.54, 1.807) is 0 Å². The maximum Gasteiger partial charge on any atom is 0.319 e. The van der Waals surface area contributed by atoms with Crippen LogP contribution in [-0.4, -0.2) is 6.03 Å². The Kier molecular flexibility index (Phi) is 2.75. The summed E-state index contributed by atoms with van der Waals surface area (Å²) in [4.78, 5) is 11.7. The average Bonchev–Trinajstić information content (AvgIpc) is 2.39. The van der Waals surface area contributed by atoms with Gasteiger partial charge in [0.1, 0.15) is 0 Å². The van der Waals surface area contributed by atoms with Crippen molar-refractivity contribution in [2.45, 2.75) is 38.1 Å². The first kappa shape index (κ1) is 10.6. The second kappa shape index (κ2) is 4.40. The SMILES string of the molecule is O=C1Nc2ccccc2C(C2CCCCC2)N1. The molecule has 1 fully saturated rings. The number of urea groups is 1. The molecule has 1 aromatic carbocycles. The van der Waals surface area contributed by atoms with E-state index in [-0.39, 0.29) is 12.1 Å². The highest BCUT2D eigenvalue weighted by Crippen LogP contribution is 2.38. The van der Waals surface area contributed by atoms with Crippen LogP contribution in [0.25, 0.3) is 0 Å². The van der Waals surface area contributed by atoms with Gasteiger partial charge in [-0.15, -0.1) is 0 Å². The lowest BCUT2D eigenvalue weighted by Gasteiger charge is -2.35. The molecule has 2 amide bonds. The minimum Gasteiger partial charge on any atom is -0.331 e. The lowest BCUT2D eigenvalue weighted by Crippen LogP contribution is -2.41. The van der Waals surface area contributed by atoms with Crippen molar-refractivity contribution in [3.05, 3.63) is 29.8 Å². The summed E-state index contributed by atoms with van der Waals surface area (Å²) in [6.07, 6.45) is 6.41. The Bertz CT molecular complexity index is 424. The molecular formula is C14H18N2O. The monoisotopic (exact) mass is 230 g/mol. The number of nitrogens with one attached hydrogen (secondary N) is 2. The van der Waals surface area contributed by atoms with Gasteiger partial charge in [0.15, 0.2) is 0 Å². The largest absolute Gasteiger partial charge is 0.331 e. The van der Waals surface area contributed by atoms with Crippen LogP contribution in [-0.2, 0) is 0 Å². The summed E-state index contributed by atoms with van der Waals surface area (Å²) in [5.41, 5.74) is 2.23. The molecular weight excluding hydrogens is 212 g/mol. The maximum absolute atomic E-state index is 11.7. The van der Waals surface area contributed by atoms with Gasteiger partial charge in [-0.2, -0.15) is 0 Å². The number of para-hydroxylation sites is 1. The van der Waals surface area contributed by atoms with E-state index in [1.165, 1.54) is 37.7 Å². The minimum absolute atomic E-state index is 0.0562. The van der Waals surface area contributed by atoms with Gasteiger partial charge < -0.3 is 10.6 Å². The summed E-state index contributed by atoms with van der Waals surface area (Å²) in [6, 6.07) is 8.29. The number of benzene rings is 1. The summed E-state index contributed by atoms with van der Waals surface area (Å²) in [7, 11) is 0. The first-order valence-corrected chi connectivity index (χ1v) is 6.51. The fraction of sp³-hybridized carbons (Fsp3) is 0.500. The van der Waals surface area contributed by atoms with Crippen LogP contribution in [0.3, 0.4) is 0 Å². The van der Waals surface area contributed by atoms with E-state index in [0.29, 0.717) is 5.92 Å². The smallest absolute Gasteiger partial charge is 0.319 e. The molecule has 3 nitrogen and oxygen atoms in total. The lowest BCUT2D eigenvalue weighted by atomic mass is 9.80. The summed E-state index contributed by atoms with van der Waals surface area (Å²) in [5.74, 6) is 0.607. The third-order valence-corrected chi connectivity index (χ3v) is 3.95. The molecule has 90 valence electrons. The van der Waals surface area contributed by atoms with Crippen molar-refractivity contribution < 1.29 is 4.79 Å². The highest BCUT2D eigenvalue weighted by molar-refractivity contribution is 5.92. The van der Waals surface area contributed by atoms with Gasteiger partial charge in [0, 0.05) is 5.69 Å². The summed E-state index contributed by atoms with van der Waals surface area (Å²) in [6.45, 7) is 0. The zero-order valence-electron chi connectivity index (χ0n) is 9.91. The zero-order chi connectivity index (χ0) is 11.7. The number of anilines is 1. The number of carbonyl (C=O) groups is 1. The molecule has 1 aromatic rings. The van der Waals surface area contributed by atoms with Crippen molar-refractivity contribution in [3.63, 3.8) is 0 Å². The standard InChI is InChI=1S/C14H18N2O/c17-14-15-12-9-5-4-8-11(12)13(16-14)10-6-2-1-3-7-10/h4-5,8-10,13H,1-3,6-7H2,(H2,15,16,17). The van der Waals surface area contributed by atoms with Crippen molar-refractivity contribution in [1.29, 1.82) is 0 Å². The molecule has 17 heavy (non-hydrogen) atoms. The molecule has 1 aliphatic carbocycles. The van der Waals surface area contributed by atoms with Crippen LogP contribution in [0.4, 0.5) is 10.5 Å². The van der Waals surface area contributed by atoms with Crippen LogP contribution in [0.1, 0.15) is 43.7 Å². The van der Waals surface area contributed by atoms with E-state index < -0.39 is 0 Å². The van der Waals surface area contributed by atoms with Gasteiger partial charge in [-0.1, -0.05) is 37.5 Å². The number of rotatable bonds is 1. The first-order valence-electron chi connectivity index (χ1n) is 6.51. The normalized spacial score (nSPS) is 24.7. The van der Waals surface area contributed by atoms with Gasteiger partial charge in [0.25, 0.3) is 0 Å². The van der Waals surface area contributed by atoms with Crippen molar-refractivity contribution in [1.82, 2.24) is 5.32 Å². The molecule has 0 bridgehead atoms. The fourth-order valence-corrected chi connectivity index (χ4v) is 3.10. The molecule has 1 aliphatic heterocycles. The second-order valence-electron chi connectivity index (χ2n) is 5.06. The predicted molar refractivity (Wildman–Crippen MR) is 67.9 cm³/mol. The number of fused-ring (bicyclic) bond motifs is 1.